The van der Waals surface area contributed by atoms with Crippen molar-refractivity contribution in [2.75, 3.05) is 13.1 Å². The Balaban J connectivity index is 0.000000324. The summed E-state index contributed by atoms with van der Waals surface area (Å²) < 4.78 is 0. The molecule has 0 spiro atoms. The number of carbonyl (C=O) groups excluding carboxylic acids is 2. The molecule has 2 atom stereocenters. The van der Waals surface area contributed by atoms with Crippen LogP contribution >= 0.6 is 0 Å². The van der Waals surface area contributed by atoms with Crippen LogP contribution in [-0.4, -0.2) is 48.1 Å². The van der Waals surface area contributed by atoms with Crippen molar-refractivity contribution in [3.63, 3.8) is 0 Å². The molecule has 1 heterocycles. The molecule has 170 valence electrons. The summed E-state index contributed by atoms with van der Waals surface area (Å²) in [6, 6.07) is 9.32. The number of hydrogen-bond acceptors (Lipinski definition) is 7. The molecule has 1 aromatic carbocycles. The standard InChI is InChI=1S/C13H15NO4.C9H20N2.Pt/c1-9-3-2-4-10(5-9)6-14-7-13(8-14,11(15)16)12(17)18;1-7(2)11-9-6-4-3-5-8(9)10;/h2-5H,6-8H2,1H3,(H,15,16)(H,17,18);7-9,11H,3-6,10H2,1-2H3;/q;;+2/p-2/t;8-,9-;/m.1./s1. The molecule has 1 aliphatic carbocycles. The maximum atomic E-state index is 10.8. The van der Waals surface area contributed by atoms with Crippen LogP contribution in [0.4, 0.5) is 0 Å². The molecule has 2 fully saturated rings. The summed E-state index contributed by atoms with van der Waals surface area (Å²) in [5, 5.41) is 25.2. The predicted octanol–water partition coefficient (Wildman–Crippen LogP) is -0.451. The fourth-order valence-electron chi connectivity index (χ4n) is 4.03. The number of nitrogens with two attached hydrogens (primary N) is 1. The van der Waals surface area contributed by atoms with Crippen molar-refractivity contribution in [2.24, 2.45) is 11.1 Å². The van der Waals surface area contributed by atoms with Gasteiger partial charge < -0.3 is 30.9 Å². The molecule has 3 N–H and O–H groups in total. The quantitative estimate of drug-likeness (QED) is 0.426. The Kier molecular flexibility index (Phi) is 10.7. The molecular weight excluding hydrogens is 565 g/mol. The Hall–Kier alpha value is -1.27. The first-order chi connectivity index (χ1) is 13.6. The van der Waals surface area contributed by atoms with Crippen LogP contribution in [0.25, 0.3) is 0 Å². The number of aliphatic carboxylic acids is 2. The number of benzene rings is 1. The zero-order chi connectivity index (χ0) is 21.6. The molecule has 1 aromatic rings. The number of likely N-dealkylation sites (tertiary alicyclic amines) is 1. The van der Waals surface area contributed by atoms with Crippen molar-refractivity contribution in [2.45, 2.75) is 71.1 Å². The molecule has 0 amide bonds. The van der Waals surface area contributed by atoms with E-state index in [-0.39, 0.29) is 34.2 Å². The molecule has 0 aromatic heterocycles. The number of rotatable bonds is 6. The number of carboxylic acid groups (broad SMARTS) is 2. The van der Waals surface area contributed by atoms with Crippen LogP contribution in [0.2, 0.25) is 0 Å². The zero-order valence-electron chi connectivity index (χ0n) is 18.0. The van der Waals surface area contributed by atoms with Gasteiger partial charge in [-0.3, -0.25) is 4.90 Å². The molecule has 1 saturated heterocycles. The summed E-state index contributed by atoms with van der Waals surface area (Å²) in [5.41, 5.74) is 6.26. The van der Waals surface area contributed by atoms with Gasteiger partial charge in [0.2, 0.25) is 0 Å². The molecule has 8 heteroatoms. The average Bonchev–Trinajstić information content (AvgIpc) is 2.59. The predicted molar refractivity (Wildman–Crippen MR) is 107 cm³/mol. The van der Waals surface area contributed by atoms with E-state index in [2.05, 4.69) is 19.2 Å². The van der Waals surface area contributed by atoms with Gasteiger partial charge in [0.05, 0.1) is 17.4 Å². The van der Waals surface area contributed by atoms with E-state index in [0.717, 1.165) is 11.1 Å². The van der Waals surface area contributed by atoms with Gasteiger partial charge in [-0.2, -0.15) is 0 Å². The Morgan fingerprint density at radius 2 is 1.80 bits per heavy atom. The van der Waals surface area contributed by atoms with E-state index in [1.165, 1.54) is 25.7 Å². The zero-order valence-corrected chi connectivity index (χ0v) is 20.2. The van der Waals surface area contributed by atoms with Crippen molar-refractivity contribution in [3.05, 3.63) is 35.4 Å². The van der Waals surface area contributed by atoms with E-state index in [0.29, 0.717) is 24.7 Å². The maximum absolute atomic E-state index is 10.8. The van der Waals surface area contributed by atoms with Crippen LogP contribution in [0.5, 0.6) is 0 Å². The van der Waals surface area contributed by atoms with Crippen molar-refractivity contribution < 1.29 is 40.9 Å². The third-order valence-corrected chi connectivity index (χ3v) is 5.62. The van der Waals surface area contributed by atoms with E-state index in [4.69, 9.17) is 5.73 Å². The second kappa shape index (κ2) is 11.9. The van der Waals surface area contributed by atoms with Crippen LogP contribution in [0.1, 0.15) is 50.7 Å². The monoisotopic (exact) mass is 598 g/mol. The van der Waals surface area contributed by atoms with Gasteiger partial charge in [0.1, 0.15) is 0 Å². The van der Waals surface area contributed by atoms with Crippen LogP contribution in [0.3, 0.4) is 0 Å². The molecule has 0 radical (unpaired) electrons. The summed E-state index contributed by atoms with van der Waals surface area (Å²) in [5.74, 6) is -3.13. The van der Waals surface area contributed by atoms with Gasteiger partial charge in [0.15, 0.2) is 0 Å². The first-order valence-corrected chi connectivity index (χ1v) is 10.4. The minimum Gasteiger partial charge on any atom is -0.549 e. The maximum Gasteiger partial charge on any atom is 2.00 e. The van der Waals surface area contributed by atoms with Crippen molar-refractivity contribution in [1.29, 1.82) is 0 Å². The first kappa shape index (κ1) is 26.8. The Labute approximate surface area is 193 Å². The third-order valence-electron chi connectivity index (χ3n) is 5.62. The van der Waals surface area contributed by atoms with E-state index < -0.39 is 17.4 Å². The Bertz CT molecular complexity index is 691. The molecule has 7 nitrogen and oxygen atoms in total. The smallest absolute Gasteiger partial charge is 0.549 e. The molecule has 1 saturated carbocycles. The van der Waals surface area contributed by atoms with Gasteiger partial charge >= 0.3 is 21.1 Å². The average molecular weight is 599 g/mol. The molecular formula is C22H33N3O4Pt. The van der Waals surface area contributed by atoms with Gasteiger partial charge in [-0.25, -0.2) is 0 Å². The Morgan fingerprint density at radius 1 is 1.20 bits per heavy atom. The number of carboxylic acids is 2. The van der Waals surface area contributed by atoms with Crippen LogP contribution < -0.4 is 21.3 Å². The number of hydrogen-bond donors (Lipinski definition) is 2. The summed E-state index contributed by atoms with van der Waals surface area (Å²) in [6.07, 6.45) is 5.12. The van der Waals surface area contributed by atoms with E-state index >= 15 is 0 Å². The Morgan fingerprint density at radius 3 is 2.30 bits per heavy atom. The minimum atomic E-state index is -1.84. The molecule has 3 rings (SSSR count). The second-order valence-electron chi connectivity index (χ2n) is 8.67. The third kappa shape index (κ3) is 7.15. The van der Waals surface area contributed by atoms with Gasteiger partial charge in [-0.05, 0) is 25.3 Å². The fourth-order valence-corrected chi connectivity index (χ4v) is 4.03. The number of aryl methyl sites for hydroxylation is 1. The van der Waals surface area contributed by atoms with Crippen molar-refractivity contribution in [3.8, 4) is 0 Å². The number of nitrogens with one attached hydrogen (secondary N) is 1. The molecule has 0 bridgehead atoms. The SMILES string of the molecule is CC(C)N[C@@H]1CCCC[C@H]1N.Cc1cccc(CN2CC(C(=O)[O-])(C(=O)[O-])C2)c1.[Pt+2]. The summed E-state index contributed by atoms with van der Waals surface area (Å²) in [6.45, 7) is 6.73. The number of nitrogens with zero attached hydrogens (tertiary/aromatic N) is 1. The topological polar surface area (TPSA) is 122 Å². The van der Waals surface area contributed by atoms with Crippen LogP contribution in [0, 0.1) is 12.3 Å². The summed E-state index contributed by atoms with van der Waals surface area (Å²) in [4.78, 5) is 23.4. The molecule has 1 aliphatic heterocycles. The molecule has 2 aliphatic rings. The van der Waals surface area contributed by atoms with E-state index in [1.54, 1.807) is 4.90 Å². The van der Waals surface area contributed by atoms with E-state index in [9.17, 15) is 19.8 Å². The second-order valence-corrected chi connectivity index (χ2v) is 8.67. The van der Waals surface area contributed by atoms with E-state index in [1.807, 2.05) is 31.2 Å². The normalized spacial score (nSPS) is 22.8. The fraction of sp³-hybridized carbons (Fsp3) is 0.636. The van der Waals surface area contributed by atoms with Gasteiger partial charge in [0.25, 0.3) is 0 Å². The van der Waals surface area contributed by atoms with Crippen molar-refractivity contribution in [1.82, 2.24) is 10.2 Å². The molecule has 0 unspecified atom stereocenters. The van der Waals surface area contributed by atoms with Crippen LogP contribution in [-0.2, 0) is 37.2 Å². The van der Waals surface area contributed by atoms with Gasteiger partial charge in [-0.15, -0.1) is 0 Å². The summed E-state index contributed by atoms with van der Waals surface area (Å²) in [7, 11) is 0. The molecule has 30 heavy (non-hydrogen) atoms. The summed E-state index contributed by atoms with van der Waals surface area (Å²) >= 11 is 0. The first-order valence-electron chi connectivity index (χ1n) is 10.4. The van der Waals surface area contributed by atoms with Gasteiger partial charge in [0, 0.05) is 37.8 Å². The van der Waals surface area contributed by atoms with Gasteiger partial charge in [-0.1, -0.05) is 56.5 Å². The van der Waals surface area contributed by atoms with Crippen molar-refractivity contribution >= 4 is 11.9 Å². The largest absolute Gasteiger partial charge is 2.00 e. The van der Waals surface area contributed by atoms with Crippen LogP contribution in [0.15, 0.2) is 24.3 Å². The number of carbonyl (C=O) groups is 2. The minimum absolute atomic E-state index is 0.